The van der Waals surface area contributed by atoms with Gasteiger partial charge in [-0.25, -0.2) is 0 Å². The van der Waals surface area contributed by atoms with Crippen LogP contribution in [0.3, 0.4) is 0 Å². The lowest BCUT2D eigenvalue weighted by Crippen LogP contribution is -2.63. The summed E-state index contributed by atoms with van der Waals surface area (Å²) in [6.45, 7) is 13.8. The molecule has 0 heterocycles. The molecule has 0 aromatic rings. The maximum atomic E-state index is 6.14. The van der Waals surface area contributed by atoms with Crippen molar-refractivity contribution in [3.8, 4) is 0 Å². The third-order valence-corrected chi connectivity index (χ3v) is 4.27. The molecule has 0 rings (SSSR count). The zero-order valence-electron chi connectivity index (χ0n) is 13.3. The minimum atomic E-state index is -0.0284. The van der Waals surface area contributed by atoms with Gasteiger partial charge in [-0.15, -0.1) is 0 Å². The van der Waals surface area contributed by atoms with Crippen molar-refractivity contribution in [2.24, 2.45) is 11.7 Å². The van der Waals surface area contributed by atoms with Crippen molar-refractivity contribution in [2.45, 2.75) is 65.5 Å². The molecule has 3 heteroatoms. The van der Waals surface area contributed by atoms with Gasteiger partial charge in [-0.2, -0.15) is 0 Å². The van der Waals surface area contributed by atoms with E-state index in [1.807, 2.05) is 0 Å². The Morgan fingerprint density at radius 3 is 2.17 bits per heavy atom. The van der Waals surface area contributed by atoms with Crippen molar-refractivity contribution in [3.05, 3.63) is 0 Å². The molecule has 0 spiro atoms. The highest BCUT2D eigenvalue weighted by molar-refractivity contribution is 4.96. The van der Waals surface area contributed by atoms with Gasteiger partial charge in [0.15, 0.2) is 0 Å². The van der Waals surface area contributed by atoms with Crippen LogP contribution in [0.5, 0.6) is 0 Å². The Balaban J connectivity index is 5.16. The lowest BCUT2D eigenvalue weighted by atomic mass is 9.83. The largest absolute Gasteiger partial charge is 0.383 e. The summed E-state index contributed by atoms with van der Waals surface area (Å²) in [7, 11) is 1.78. The van der Waals surface area contributed by atoms with Crippen molar-refractivity contribution in [1.29, 1.82) is 0 Å². The monoisotopic (exact) mass is 258 g/mol. The van der Waals surface area contributed by atoms with Crippen LogP contribution in [-0.4, -0.2) is 43.3 Å². The third-order valence-electron chi connectivity index (χ3n) is 4.27. The fourth-order valence-electron chi connectivity index (χ4n) is 2.67. The number of rotatable bonds is 10. The zero-order valence-corrected chi connectivity index (χ0v) is 13.3. The van der Waals surface area contributed by atoms with Crippen LogP contribution in [0, 0.1) is 5.92 Å². The number of methoxy groups -OCH3 is 1. The summed E-state index contributed by atoms with van der Waals surface area (Å²) in [5, 5.41) is 0. The average Bonchev–Trinajstić information content (AvgIpc) is 2.36. The molecule has 0 radical (unpaired) electrons. The minimum Gasteiger partial charge on any atom is -0.383 e. The van der Waals surface area contributed by atoms with Gasteiger partial charge in [-0.05, 0) is 32.2 Å². The number of nitrogens with zero attached hydrogens (tertiary/aromatic N) is 1. The van der Waals surface area contributed by atoms with Crippen LogP contribution in [0.1, 0.15) is 53.9 Å². The Labute approximate surface area is 114 Å². The van der Waals surface area contributed by atoms with Gasteiger partial charge in [-0.1, -0.05) is 34.1 Å². The highest BCUT2D eigenvalue weighted by Crippen LogP contribution is 2.28. The summed E-state index contributed by atoms with van der Waals surface area (Å²) in [5.74, 6) is 0.494. The van der Waals surface area contributed by atoms with Crippen LogP contribution in [0.4, 0.5) is 0 Å². The predicted octanol–water partition coefficient (Wildman–Crippen LogP) is 2.89. The van der Waals surface area contributed by atoms with E-state index in [-0.39, 0.29) is 5.54 Å². The molecule has 18 heavy (non-hydrogen) atoms. The van der Waals surface area contributed by atoms with E-state index in [2.05, 4.69) is 39.5 Å². The third kappa shape index (κ3) is 4.22. The first-order valence-electron chi connectivity index (χ1n) is 7.45. The van der Waals surface area contributed by atoms with Gasteiger partial charge >= 0.3 is 0 Å². The van der Waals surface area contributed by atoms with Gasteiger partial charge in [0.25, 0.3) is 0 Å². The highest BCUT2D eigenvalue weighted by Gasteiger charge is 2.40. The van der Waals surface area contributed by atoms with Crippen LogP contribution >= 0.6 is 0 Å². The van der Waals surface area contributed by atoms with Gasteiger partial charge in [0.05, 0.1) is 12.1 Å². The molecule has 0 aliphatic heterocycles. The van der Waals surface area contributed by atoms with Crippen molar-refractivity contribution < 1.29 is 4.74 Å². The fraction of sp³-hybridized carbons (Fsp3) is 1.00. The number of unbranched alkanes of at least 4 members (excludes halogenated alkanes) is 1. The van der Waals surface area contributed by atoms with E-state index in [4.69, 9.17) is 10.5 Å². The molecule has 0 saturated heterocycles. The summed E-state index contributed by atoms with van der Waals surface area (Å²) >= 11 is 0. The molecule has 0 aliphatic carbocycles. The van der Waals surface area contributed by atoms with E-state index >= 15 is 0 Å². The number of hydrogen-bond acceptors (Lipinski definition) is 3. The topological polar surface area (TPSA) is 38.5 Å². The van der Waals surface area contributed by atoms with E-state index in [1.165, 1.54) is 12.8 Å². The lowest BCUT2D eigenvalue weighted by molar-refractivity contribution is -0.0388. The molecule has 0 fully saturated rings. The quantitative estimate of drug-likeness (QED) is 0.655. The normalized spacial score (nSPS) is 17.2. The van der Waals surface area contributed by atoms with Crippen molar-refractivity contribution >= 4 is 0 Å². The standard InChI is InChI=1S/C15H34N2O/c1-7-9-10-17(14(5)8-2)15(11-16,12-18-6)13(3)4/h13-14H,7-12,16H2,1-6H3. The molecule has 0 bridgehead atoms. The predicted molar refractivity (Wildman–Crippen MR) is 79.9 cm³/mol. The first kappa shape index (κ1) is 17.9. The van der Waals surface area contributed by atoms with Crippen molar-refractivity contribution in [2.75, 3.05) is 26.8 Å². The lowest BCUT2D eigenvalue weighted by Gasteiger charge is -2.49. The number of hydrogen-bond donors (Lipinski definition) is 1. The van der Waals surface area contributed by atoms with Gasteiger partial charge in [-0.3, -0.25) is 4.90 Å². The minimum absolute atomic E-state index is 0.0284. The second-order valence-electron chi connectivity index (χ2n) is 5.70. The first-order valence-corrected chi connectivity index (χ1v) is 7.45. The molecule has 3 nitrogen and oxygen atoms in total. The summed E-state index contributed by atoms with van der Waals surface area (Å²) in [4.78, 5) is 2.59. The van der Waals surface area contributed by atoms with Gasteiger partial charge in [0.1, 0.15) is 0 Å². The molecule has 0 amide bonds. The van der Waals surface area contributed by atoms with Gasteiger partial charge < -0.3 is 10.5 Å². The maximum Gasteiger partial charge on any atom is 0.0661 e. The molecule has 2 N–H and O–H groups in total. The van der Waals surface area contributed by atoms with E-state index in [9.17, 15) is 0 Å². The summed E-state index contributed by atoms with van der Waals surface area (Å²) in [6, 6.07) is 0.553. The Kier molecular flexibility index (Phi) is 8.83. The van der Waals surface area contributed by atoms with E-state index in [0.717, 1.165) is 19.6 Å². The molecule has 0 aliphatic rings. The molecule has 2 unspecified atom stereocenters. The molecule has 0 aromatic heterocycles. The second-order valence-corrected chi connectivity index (χ2v) is 5.70. The Bertz CT molecular complexity index is 209. The van der Waals surface area contributed by atoms with E-state index in [0.29, 0.717) is 18.5 Å². The second kappa shape index (κ2) is 8.89. The van der Waals surface area contributed by atoms with Gasteiger partial charge in [0.2, 0.25) is 0 Å². The summed E-state index contributed by atoms with van der Waals surface area (Å²) < 4.78 is 5.49. The molecule has 110 valence electrons. The summed E-state index contributed by atoms with van der Waals surface area (Å²) in [6.07, 6.45) is 3.60. The molecule has 0 saturated carbocycles. The van der Waals surface area contributed by atoms with Crippen LogP contribution in [0.2, 0.25) is 0 Å². The maximum absolute atomic E-state index is 6.14. The van der Waals surface area contributed by atoms with E-state index in [1.54, 1.807) is 7.11 Å². The Hall–Kier alpha value is -0.120. The average molecular weight is 258 g/mol. The number of ether oxygens (including phenoxy) is 1. The fourth-order valence-corrected chi connectivity index (χ4v) is 2.67. The van der Waals surface area contributed by atoms with Crippen LogP contribution in [-0.2, 0) is 4.74 Å². The van der Waals surface area contributed by atoms with Gasteiger partial charge in [0, 0.05) is 19.7 Å². The van der Waals surface area contributed by atoms with E-state index < -0.39 is 0 Å². The SMILES string of the molecule is CCCCN(C(C)CC)C(CN)(COC)C(C)C. The Morgan fingerprint density at radius 1 is 1.22 bits per heavy atom. The smallest absolute Gasteiger partial charge is 0.0661 e. The first-order chi connectivity index (χ1) is 8.49. The molecule has 0 aromatic carbocycles. The van der Waals surface area contributed by atoms with Crippen molar-refractivity contribution in [1.82, 2.24) is 4.90 Å². The van der Waals surface area contributed by atoms with Crippen molar-refractivity contribution in [3.63, 3.8) is 0 Å². The van der Waals surface area contributed by atoms with Crippen LogP contribution in [0.25, 0.3) is 0 Å². The molecule has 2 atom stereocenters. The number of nitrogens with two attached hydrogens (primary N) is 1. The molecular weight excluding hydrogens is 224 g/mol. The van der Waals surface area contributed by atoms with Crippen LogP contribution in [0.15, 0.2) is 0 Å². The molecular formula is C15H34N2O. The Morgan fingerprint density at radius 2 is 1.83 bits per heavy atom. The van der Waals surface area contributed by atoms with Crippen LogP contribution < -0.4 is 5.73 Å². The highest BCUT2D eigenvalue weighted by atomic mass is 16.5. The zero-order chi connectivity index (χ0) is 14.2. The summed E-state index contributed by atoms with van der Waals surface area (Å²) in [5.41, 5.74) is 6.11.